The summed E-state index contributed by atoms with van der Waals surface area (Å²) in [4.78, 5) is 15.2. The van der Waals surface area contributed by atoms with Gasteiger partial charge in [0.15, 0.2) is 17.5 Å². The van der Waals surface area contributed by atoms with Crippen molar-refractivity contribution >= 4 is 54.3 Å². The molecule has 0 radical (unpaired) electrons. The van der Waals surface area contributed by atoms with Crippen molar-refractivity contribution in [2.45, 2.75) is 6.92 Å². The lowest BCUT2D eigenvalue weighted by Gasteiger charge is -2.12. The fourth-order valence-corrected chi connectivity index (χ4v) is 6.53. The van der Waals surface area contributed by atoms with E-state index in [9.17, 15) is 0 Å². The average molecular weight is 564 g/mol. The number of para-hydroxylation sites is 1. The second-order valence-corrected chi connectivity index (χ2v) is 11.3. The van der Waals surface area contributed by atoms with Crippen LogP contribution in [0.3, 0.4) is 0 Å². The van der Waals surface area contributed by atoms with Crippen LogP contribution in [0, 0.1) is 6.92 Å². The highest BCUT2D eigenvalue weighted by Crippen LogP contribution is 2.38. The third kappa shape index (κ3) is 3.81. The van der Waals surface area contributed by atoms with E-state index in [1.807, 2.05) is 60.7 Å². The summed E-state index contributed by atoms with van der Waals surface area (Å²) < 4.78 is 6.20. The molecule has 0 saturated carbocycles. The van der Waals surface area contributed by atoms with Crippen LogP contribution in [0.5, 0.6) is 0 Å². The number of furan rings is 1. The maximum Gasteiger partial charge on any atom is 0.164 e. The molecule has 4 nitrogen and oxygen atoms in total. The van der Waals surface area contributed by atoms with Crippen molar-refractivity contribution in [3.05, 3.63) is 139 Å². The van der Waals surface area contributed by atoms with Gasteiger partial charge in [-0.2, -0.15) is 0 Å². The summed E-state index contributed by atoms with van der Waals surface area (Å²) in [5.74, 6) is 1.89. The zero-order valence-corrected chi connectivity index (χ0v) is 24.0. The molecule has 44 heavy (non-hydrogen) atoms. The third-order valence-electron chi connectivity index (χ3n) is 8.64. The normalized spacial score (nSPS) is 11.8. The van der Waals surface area contributed by atoms with E-state index in [1.54, 1.807) is 0 Å². The van der Waals surface area contributed by atoms with Crippen molar-refractivity contribution < 1.29 is 4.42 Å². The van der Waals surface area contributed by atoms with Gasteiger partial charge in [-0.3, -0.25) is 0 Å². The number of fused-ring (bicyclic) bond motifs is 8. The molecule has 0 aliphatic heterocycles. The van der Waals surface area contributed by atoms with E-state index in [1.165, 1.54) is 37.9 Å². The zero-order valence-electron chi connectivity index (χ0n) is 24.0. The summed E-state index contributed by atoms with van der Waals surface area (Å²) in [7, 11) is 0. The Morgan fingerprint density at radius 3 is 1.95 bits per heavy atom. The molecule has 0 aliphatic rings. The minimum atomic E-state index is 0.617. The van der Waals surface area contributed by atoms with Gasteiger partial charge in [-0.15, -0.1) is 0 Å². The molecule has 7 aromatic carbocycles. The van der Waals surface area contributed by atoms with E-state index in [-0.39, 0.29) is 0 Å². The van der Waals surface area contributed by atoms with Crippen molar-refractivity contribution in [1.29, 1.82) is 0 Å². The van der Waals surface area contributed by atoms with E-state index >= 15 is 0 Å². The summed E-state index contributed by atoms with van der Waals surface area (Å²) in [5.41, 5.74) is 5.72. The highest BCUT2D eigenvalue weighted by molar-refractivity contribution is 6.18. The van der Waals surface area contributed by atoms with E-state index in [2.05, 4.69) is 79.7 Å². The van der Waals surface area contributed by atoms with Crippen LogP contribution in [0.1, 0.15) is 5.56 Å². The first-order chi connectivity index (χ1) is 21.7. The van der Waals surface area contributed by atoms with Crippen LogP contribution >= 0.6 is 0 Å². The molecule has 2 aromatic heterocycles. The van der Waals surface area contributed by atoms with Crippen molar-refractivity contribution in [3.63, 3.8) is 0 Å². The summed E-state index contributed by atoms with van der Waals surface area (Å²) in [6.07, 6.45) is 0. The second kappa shape index (κ2) is 9.58. The molecule has 0 N–H and O–H groups in total. The van der Waals surface area contributed by atoms with Crippen molar-refractivity contribution in [2.75, 3.05) is 0 Å². The molecule has 206 valence electrons. The minimum Gasteiger partial charge on any atom is -0.456 e. The number of rotatable bonds is 3. The van der Waals surface area contributed by atoms with Gasteiger partial charge in [-0.1, -0.05) is 115 Å². The number of benzene rings is 7. The third-order valence-corrected chi connectivity index (χ3v) is 8.64. The van der Waals surface area contributed by atoms with Gasteiger partial charge in [0.05, 0.1) is 0 Å². The maximum absolute atomic E-state index is 6.20. The first-order valence-corrected chi connectivity index (χ1v) is 14.8. The van der Waals surface area contributed by atoms with Gasteiger partial charge in [-0.25, -0.2) is 15.0 Å². The predicted octanol–water partition coefficient (Wildman–Crippen LogP) is 10.5. The standard InChI is InChI=1S/C40H25N3O/c1-24-22-34-30(29-13-6-5-12-28(24)29)21-20-25-18-19-27(23-33(25)34)39-41-38(26-10-3-2-4-11-26)42-40(43-39)32-15-9-17-36-37(32)31-14-7-8-16-35(31)44-36/h2-23H,1H3. The monoisotopic (exact) mass is 563 g/mol. The molecule has 0 amide bonds. The Bertz CT molecular complexity index is 2570. The number of hydrogen-bond acceptors (Lipinski definition) is 4. The molecular weight excluding hydrogens is 538 g/mol. The van der Waals surface area contributed by atoms with Crippen molar-refractivity contribution in [1.82, 2.24) is 15.0 Å². The van der Waals surface area contributed by atoms with E-state index in [4.69, 9.17) is 19.4 Å². The fourth-order valence-electron chi connectivity index (χ4n) is 6.53. The Kier molecular flexibility index (Phi) is 5.38. The zero-order chi connectivity index (χ0) is 29.2. The molecule has 9 rings (SSSR count). The Hall–Kier alpha value is -5.87. The van der Waals surface area contributed by atoms with Crippen molar-refractivity contribution in [3.8, 4) is 34.2 Å². The van der Waals surface area contributed by atoms with Crippen LogP contribution < -0.4 is 0 Å². The first-order valence-electron chi connectivity index (χ1n) is 14.8. The summed E-state index contributed by atoms with van der Waals surface area (Å²) in [5, 5.41) is 9.44. The molecule has 0 fully saturated rings. The molecule has 2 heterocycles. The van der Waals surface area contributed by atoms with Crippen LogP contribution in [0.15, 0.2) is 138 Å². The Labute approximate surface area is 253 Å². The van der Waals surface area contributed by atoms with E-state index in [0.717, 1.165) is 38.6 Å². The quantitative estimate of drug-likeness (QED) is 0.201. The second-order valence-electron chi connectivity index (χ2n) is 11.3. The van der Waals surface area contributed by atoms with Crippen molar-refractivity contribution in [2.24, 2.45) is 0 Å². The number of aromatic nitrogens is 3. The number of hydrogen-bond donors (Lipinski definition) is 0. The minimum absolute atomic E-state index is 0.617. The van der Waals surface area contributed by atoms with Gasteiger partial charge in [0.2, 0.25) is 0 Å². The summed E-state index contributed by atoms with van der Waals surface area (Å²) in [6, 6.07) is 46.2. The highest BCUT2D eigenvalue weighted by atomic mass is 16.3. The molecule has 0 spiro atoms. The molecule has 0 aliphatic carbocycles. The molecule has 9 aromatic rings. The fraction of sp³-hybridized carbons (Fsp3) is 0.0250. The SMILES string of the molecule is Cc1cc2c3cc(-c4nc(-c5ccccc5)nc(-c5cccc6oc7ccccc7c56)n4)ccc3ccc2c2ccccc12. The lowest BCUT2D eigenvalue weighted by Crippen LogP contribution is -2.00. The molecule has 0 bridgehead atoms. The average Bonchev–Trinajstić information content (AvgIpc) is 3.47. The van der Waals surface area contributed by atoms with Crippen LogP contribution in [0.2, 0.25) is 0 Å². The van der Waals surface area contributed by atoms with Gasteiger partial charge in [0.25, 0.3) is 0 Å². The van der Waals surface area contributed by atoms with Crippen LogP contribution in [0.25, 0.3) is 88.4 Å². The largest absolute Gasteiger partial charge is 0.456 e. The van der Waals surface area contributed by atoms with Gasteiger partial charge in [0, 0.05) is 27.5 Å². The topological polar surface area (TPSA) is 51.8 Å². The molecule has 0 unspecified atom stereocenters. The molecule has 0 saturated heterocycles. The van der Waals surface area contributed by atoms with Gasteiger partial charge in [0.1, 0.15) is 11.2 Å². The lowest BCUT2D eigenvalue weighted by molar-refractivity contribution is 0.669. The smallest absolute Gasteiger partial charge is 0.164 e. The predicted molar refractivity (Wildman–Crippen MR) is 181 cm³/mol. The van der Waals surface area contributed by atoms with Gasteiger partial charge < -0.3 is 4.42 Å². The first kappa shape index (κ1) is 24.7. The molecular formula is C40H25N3O. The lowest BCUT2D eigenvalue weighted by atomic mass is 9.93. The summed E-state index contributed by atoms with van der Waals surface area (Å²) >= 11 is 0. The Morgan fingerprint density at radius 1 is 0.432 bits per heavy atom. The Morgan fingerprint density at radius 2 is 1.09 bits per heavy atom. The van der Waals surface area contributed by atoms with Crippen LogP contribution in [-0.4, -0.2) is 15.0 Å². The number of nitrogens with zero attached hydrogens (tertiary/aromatic N) is 3. The van der Waals surface area contributed by atoms with E-state index in [0.29, 0.717) is 17.5 Å². The van der Waals surface area contributed by atoms with Gasteiger partial charge in [-0.05, 0) is 63.0 Å². The summed E-state index contributed by atoms with van der Waals surface area (Å²) in [6.45, 7) is 2.19. The van der Waals surface area contributed by atoms with Crippen LogP contribution in [0.4, 0.5) is 0 Å². The number of aryl methyl sites for hydroxylation is 1. The van der Waals surface area contributed by atoms with Gasteiger partial charge >= 0.3 is 0 Å². The molecule has 4 heteroatoms. The Balaban J connectivity index is 1.31. The highest BCUT2D eigenvalue weighted by Gasteiger charge is 2.18. The molecule has 0 atom stereocenters. The van der Waals surface area contributed by atoms with E-state index < -0.39 is 0 Å². The maximum atomic E-state index is 6.20. The van der Waals surface area contributed by atoms with Crippen LogP contribution in [-0.2, 0) is 0 Å².